The number of aryl methyl sites for hydroxylation is 1. The molecule has 1 heterocycles. The van der Waals surface area contributed by atoms with Gasteiger partial charge in [-0.2, -0.15) is 0 Å². The topological polar surface area (TPSA) is 87.2 Å². The second kappa shape index (κ2) is 6.37. The fourth-order valence-electron chi connectivity index (χ4n) is 2.28. The molecule has 2 aromatic carbocycles. The molecule has 8 heteroatoms. The van der Waals surface area contributed by atoms with Crippen LogP contribution >= 0.6 is 31.9 Å². The van der Waals surface area contributed by atoms with Crippen LogP contribution in [0.2, 0.25) is 0 Å². The third-order valence-electron chi connectivity index (χ3n) is 3.54. The number of phenols is 1. The van der Waals surface area contributed by atoms with Gasteiger partial charge in [-0.25, -0.2) is 0 Å². The number of aromatic hydroxyl groups is 2. The van der Waals surface area contributed by atoms with E-state index >= 15 is 0 Å². The van der Waals surface area contributed by atoms with Crippen LogP contribution < -0.4 is 0 Å². The normalized spacial score (nSPS) is 11.5. The molecule has 0 unspecified atom stereocenters. The average Bonchev–Trinajstić information content (AvgIpc) is 2.78. The van der Waals surface area contributed by atoms with E-state index in [9.17, 15) is 15.0 Å². The van der Waals surface area contributed by atoms with Crippen molar-refractivity contribution in [1.29, 1.82) is 0 Å². The smallest absolute Gasteiger partial charge is 0.295 e. The summed E-state index contributed by atoms with van der Waals surface area (Å²) < 4.78 is 2.78. The minimum atomic E-state index is -0.581. The van der Waals surface area contributed by atoms with Crippen LogP contribution in [0, 0.1) is 0 Å². The first-order valence-electron chi connectivity index (χ1n) is 6.80. The lowest BCUT2D eigenvalue weighted by Gasteiger charge is -1.98. The maximum Gasteiger partial charge on any atom is 0.295 e. The molecule has 3 aromatic rings. The molecule has 0 fully saturated rings. The third kappa shape index (κ3) is 2.94. The van der Waals surface area contributed by atoms with Crippen LogP contribution in [0.4, 0.5) is 5.69 Å². The summed E-state index contributed by atoms with van der Waals surface area (Å²) in [4.78, 5) is 12.1. The molecule has 0 aliphatic carbocycles. The van der Waals surface area contributed by atoms with E-state index < -0.39 is 5.91 Å². The first kappa shape index (κ1) is 16.7. The number of amides is 1. The van der Waals surface area contributed by atoms with E-state index in [1.165, 1.54) is 18.2 Å². The molecule has 3 rings (SSSR count). The molecule has 0 aliphatic rings. The first-order chi connectivity index (χ1) is 11.4. The Labute approximate surface area is 153 Å². The zero-order valence-corrected chi connectivity index (χ0v) is 15.5. The molecule has 24 heavy (non-hydrogen) atoms. The summed E-state index contributed by atoms with van der Waals surface area (Å²) in [7, 11) is 1.70. The van der Waals surface area contributed by atoms with Crippen LogP contribution in [-0.4, -0.2) is 20.7 Å². The zero-order valence-electron chi connectivity index (χ0n) is 12.4. The number of aromatic nitrogens is 1. The fraction of sp³-hybridized carbons (Fsp3) is 0.0625. The summed E-state index contributed by atoms with van der Waals surface area (Å²) in [5.41, 5.74) is 1.26. The lowest BCUT2D eigenvalue weighted by Crippen LogP contribution is -1.93. The Balaban J connectivity index is 2.01. The lowest BCUT2D eigenvalue weighted by molar-refractivity contribution is 0.0995. The molecule has 0 spiro atoms. The van der Waals surface area contributed by atoms with E-state index in [1.54, 1.807) is 17.7 Å². The Morgan fingerprint density at radius 2 is 1.88 bits per heavy atom. The van der Waals surface area contributed by atoms with Gasteiger partial charge in [0.1, 0.15) is 5.75 Å². The van der Waals surface area contributed by atoms with Crippen LogP contribution in [0.15, 0.2) is 55.6 Å². The molecule has 2 N–H and O–H groups in total. The minimum absolute atomic E-state index is 0.0278. The van der Waals surface area contributed by atoms with Gasteiger partial charge in [-0.3, -0.25) is 4.79 Å². The standard InChI is InChI=1S/C16H11Br2N3O3/c1-21-12-4-3-9(17)7-10(12)14(16(21)24)19-20-15(23)8-2-5-13(22)11(18)6-8/h2-7,22,24H,1H3. The van der Waals surface area contributed by atoms with Crippen molar-refractivity contribution in [2.75, 3.05) is 0 Å². The third-order valence-corrected chi connectivity index (χ3v) is 4.67. The van der Waals surface area contributed by atoms with Gasteiger partial charge in [-0.05, 0) is 52.3 Å². The van der Waals surface area contributed by atoms with Crippen molar-refractivity contribution < 1.29 is 15.0 Å². The van der Waals surface area contributed by atoms with E-state index in [4.69, 9.17) is 0 Å². The highest BCUT2D eigenvalue weighted by molar-refractivity contribution is 9.10. The van der Waals surface area contributed by atoms with Crippen molar-refractivity contribution in [3.63, 3.8) is 0 Å². The maximum absolute atomic E-state index is 12.1. The molecular formula is C16H11Br2N3O3. The predicted molar refractivity (Wildman–Crippen MR) is 96.9 cm³/mol. The van der Waals surface area contributed by atoms with Crippen LogP contribution in [0.3, 0.4) is 0 Å². The van der Waals surface area contributed by atoms with Gasteiger partial charge in [0.15, 0.2) is 5.69 Å². The minimum Gasteiger partial charge on any atom is -0.507 e. The van der Waals surface area contributed by atoms with Crippen LogP contribution in [-0.2, 0) is 7.05 Å². The van der Waals surface area contributed by atoms with Gasteiger partial charge >= 0.3 is 0 Å². The monoisotopic (exact) mass is 451 g/mol. The number of phenolic OH excluding ortho intramolecular Hbond substituents is 1. The number of hydrogen-bond donors (Lipinski definition) is 2. The summed E-state index contributed by atoms with van der Waals surface area (Å²) in [6.45, 7) is 0. The molecule has 0 aliphatic heterocycles. The van der Waals surface area contributed by atoms with Crippen LogP contribution in [0.1, 0.15) is 10.4 Å². The van der Waals surface area contributed by atoms with Crippen molar-refractivity contribution in [3.8, 4) is 11.6 Å². The summed E-state index contributed by atoms with van der Waals surface area (Å²) in [5.74, 6) is -0.631. The van der Waals surface area contributed by atoms with E-state index in [-0.39, 0.29) is 22.9 Å². The summed E-state index contributed by atoms with van der Waals surface area (Å²) in [6, 6.07) is 9.76. The van der Waals surface area contributed by atoms with Gasteiger partial charge in [0.05, 0.1) is 9.99 Å². The number of fused-ring (bicyclic) bond motifs is 1. The number of benzene rings is 2. The van der Waals surface area contributed by atoms with Crippen molar-refractivity contribution in [2.24, 2.45) is 17.3 Å². The highest BCUT2D eigenvalue weighted by Crippen LogP contribution is 2.39. The summed E-state index contributed by atoms with van der Waals surface area (Å²) >= 11 is 6.52. The fourth-order valence-corrected chi connectivity index (χ4v) is 3.02. The van der Waals surface area contributed by atoms with Crippen molar-refractivity contribution in [1.82, 2.24) is 4.57 Å². The summed E-state index contributed by atoms with van der Waals surface area (Å²) in [5, 5.41) is 28.0. The Bertz CT molecular complexity index is 996. The second-order valence-electron chi connectivity index (χ2n) is 5.06. The number of nitrogens with zero attached hydrogens (tertiary/aromatic N) is 3. The Kier molecular flexibility index (Phi) is 4.42. The number of carbonyl (C=O) groups excluding carboxylic acids is 1. The van der Waals surface area contributed by atoms with Gasteiger partial charge in [0.2, 0.25) is 5.88 Å². The molecule has 0 atom stereocenters. The second-order valence-corrected chi connectivity index (χ2v) is 6.83. The van der Waals surface area contributed by atoms with Gasteiger partial charge < -0.3 is 14.8 Å². The molecule has 6 nitrogen and oxygen atoms in total. The molecule has 122 valence electrons. The SMILES string of the molecule is Cn1c(O)c(N=NC(=O)c2ccc(O)c(Br)c2)c2cc(Br)ccc21. The zero-order chi connectivity index (χ0) is 17.4. The number of halogens is 2. The van der Waals surface area contributed by atoms with Crippen molar-refractivity contribution in [2.45, 2.75) is 0 Å². The Morgan fingerprint density at radius 3 is 2.58 bits per heavy atom. The molecule has 0 saturated carbocycles. The van der Waals surface area contributed by atoms with Gasteiger partial charge in [0, 0.05) is 22.5 Å². The largest absolute Gasteiger partial charge is 0.507 e. The maximum atomic E-state index is 12.1. The lowest BCUT2D eigenvalue weighted by atomic mass is 10.2. The highest BCUT2D eigenvalue weighted by Gasteiger charge is 2.15. The number of carbonyl (C=O) groups is 1. The van der Waals surface area contributed by atoms with E-state index in [1.807, 2.05) is 12.1 Å². The number of hydrogen-bond acceptors (Lipinski definition) is 4. The van der Waals surface area contributed by atoms with E-state index in [0.29, 0.717) is 9.86 Å². The van der Waals surface area contributed by atoms with E-state index in [2.05, 4.69) is 42.1 Å². The molecule has 0 saturated heterocycles. The van der Waals surface area contributed by atoms with Crippen LogP contribution in [0.5, 0.6) is 11.6 Å². The molecule has 0 bridgehead atoms. The summed E-state index contributed by atoms with van der Waals surface area (Å²) in [6.07, 6.45) is 0. The van der Waals surface area contributed by atoms with Crippen molar-refractivity contribution >= 4 is 54.4 Å². The molecular weight excluding hydrogens is 442 g/mol. The van der Waals surface area contributed by atoms with Gasteiger partial charge in [-0.1, -0.05) is 15.9 Å². The van der Waals surface area contributed by atoms with Gasteiger partial charge in [0.25, 0.3) is 5.91 Å². The number of rotatable bonds is 2. The molecule has 1 aromatic heterocycles. The molecule has 1 amide bonds. The first-order valence-corrected chi connectivity index (χ1v) is 8.38. The predicted octanol–water partition coefficient (Wildman–Crippen LogP) is 5.04. The average molecular weight is 453 g/mol. The Hall–Kier alpha value is -2.19. The molecule has 0 radical (unpaired) electrons. The quantitative estimate of drug-likeness (QED) is 0.534. The van der Waals surface area contributed by atoms with Crippen LogP contribution in [0.25, 0.3) is 10.9 Å². The Morgan fingerprint density at radius 1 is 1.12 bits per heavy atom. The highest BCUT2D eigenvalue weighted by atomic mass is 79.9. The van der Waals surface area contributed by atoms with Gasteiger partial charge in [-0.15, -0.1) is 10.2 Å². The number of azo groups is 1. The van der Waals surface area contributed by atoms with E-state index in [0.717, 1.165) is 9.99 Å². The van der Waals surface area contributed by atoms with Crippen molar-refractivity contribution in [3.05, 3.63) is 50.9 Å².